The van der Waals surface area contributed by atoms with E-state index in [9.17, 15) is 0 Å². The Morgan fingerprint density at radius 1 is 0.783 bits per heavy atom. The Labute approximate surface area is 147 Å². The van der Waals surface area contributed by atoms with Crippen molar-refractivity contribution in [2.45, 2.75) is 43.9 Å². The maximum Gasteiger partial charge on any atom is 0.0256 e. The highest BCUT2D eigenvalue weighted by Gasteiger charge is 2.51. The Morgan fingerprint density at radius 2 is 1.39 bits per heavy atom. The Balaban J connectivity index is 1.54. The van der Waals surface area contributed by atoms with Crippen LogP contribution in [0, 0.1) is 17.8 Å². The maximum atomic E-state index is 3.86. The fourth-order valence-electron chi connectivity index (χ4n) is 6.16. The van der Waals surface area contributed by atoms with Crippen LogP contribution in [0.1, 0.15) is 44.1 Å². The van der Waals surface area contributed by atoms with Crippen LogP contribution >= 0.6 is 15.9 Å². The van der Waals surface area contributed by atoms with Gasteiger partial charge in [0.1, 0.15) is 0 Å². The summed E-state index contributed by atoms with van der Waals surface area (Å²) >= 11 is 3.86. The van der Waals surface area contributed by atoms with E-state index >= 15 is 0 Å². The Bertz CT molecular complexity index is 696. The molecule has 1 heteroatoms. The van der Waals surface area contributed by atoms with E-state index in [4.69, 9.17) is 0 Å². The van der Waals surface area contributed by atoms with Gasteiger partial charge in [-0.2, -0.15) is 0 Å². The molecule has 4 bridgehead atoms. The zero-order chi connectivity index (χ0) is 15.4. The van der Waals surface area contributed by atoms with Gasteiger partial charge in [-0.05, 0) is 84.5 Å². The summed E-state index contributed by atoms with van der Waals surface area (Å²) in [6.45, 7) is 0. The third-order valence-electron chi connectivity index (χ3n) is 6.70. The van der Waals surface area contributed by atoms with Gasteiger partial charge in [0, 0.05) is 4.47 Å². The van der Waals surface area contributed by atoms with Crippen molar-refractivity contribution in [1.82, 2.24) is 0 Å². The molecule has 0 aromatic heterocycles. The minimum absolute atomic E-state index is 0.493. The second-order valence-corrected chi connectivity index (χ2v) is 9.11. The van der Waals surface area contributed by atoms with E-state index in [1.165, 1.54) is 54.1 Å². The topological polar surface area (TPSA) is 0 Å². The molecule has 6 rings (SSSR count). The van der Waals surface area contributed by atoms with E-state index in [0.29, 0.717) is 5.41 Å². The fourth-order valence-corrected chi connectivity index (χ4v) is 6.77. The summed E-state index contributed by atoms with van der Waals surface area (Å²) in [6.07, 6.45) is 8.87. The van der Waals surface area contributed by atoms with Gasteiger partial charge in [0.05, 0.1) is 0 Å². The van der Waals surface area contributed by atoms with Gasteiger partial charge in [-0.25, -0.2) is 0 Å². The van der Waals surface area contributed by atoms with Crippen molar-refractivity contribution in [1.29, 1.82) is 0 Å². The largest absolute Gasteiger partial charge is 0.0622 e. The summed E-state index contributed by atoms with van der Waals surface area (Å²) in [6, 6.07) is 17.9. The number of rotatable bonds is 2. The van der Waals surface area contributed by atoms with Crippen molar-refractivity contribution >= 4 is 15.9 Å². The molecule has 0 spiro atoms. The second kappa shape index (κ2) is 5.21. The predicted octanol–water partition coefficient (Wildman–Crippen LogP) is 6.58. The van der Waals surface area contributed by atoms with Crippen molar-refractivity contribution in [2.75, 3.05) is 0 Å². The molecule has 0 heterocycles. The van der Waals surface area contributed by atoms with Gasteiger partial charge in [-0.15, -0.1) is 0 Å². The number of benzene rings is 2. The van der Waals surface area contributed by atoms with Crippen molar-refractivity contribution in [3.8, 4) is 11.1 Å². The molecule has 4 saturated carbocycles. The van der Waals surface area contributed by atoms with E-state index in [2.05, 4.69) is 64.5 Å². The highest BCUT2D eigenvalue weighted by molar-refractivity contribution is 9.10. The third-order valence-corrected chi connectivity index (χ3v) is 7.36. The average Bonchev–Trinajstić information content (AvgIpc) is 2.54. The Hall–Kier alpha value is -1.08. The minimum atomic E-state index is 0.493. The first-order valence-corrected chi connectivity index (χ1v) is 9.87. The summed E-state index contributed by atoms with van der Waals surface area (Å²) in [7, 11) is 0. The highest BCUT2D eigenvalue weighted by Crippen LogP contribution is 2.61. The zero-order valence-electron chi connectivity index (χ0n) is 13.5. The molecular formula is C22H23Br. The first-order chi connectivity index (χ1) is 11.2. The van der Waals surface area contributed by atoms with Crippen molar-refractivity contribution in [3.63, 3.8) is 0 Å². The summed E-state index contributed by atoms with van der Waals surface area (Å²) in [4.78, 5) is 0. The molecular weight excluding hydrogens is 344 g/mol. The van der Waals surface area contributed by atoms with Crippen LogP contribution in [0.3, 0.4) is 0 Å². The fraction of sp³-hybridized carbons (Fsp3) is 0.455. The zero-order valence-corrected chi connectivity index (χ0v) is 15.1. The van der Waals surface area contributed by atoms with Gasteiger partial charge in [0.2, 0.25) is 0 Å². The molecule has 4 aliphatic rings. The SMILES string of the molecule is Brc1cc(C23CC4CC(CC(C4)C2)C3)ccc1-c1ccccc1. The average molecular weight is 367 g/mol. The summed E-state index contributed by atoms with van der Waals surface area (Å²) in [5, 5.41) is 0. The molecule has 0 unspecified atom stereocenters. The standard InChI is InChI=1S/C22H23Br/c23-21-11-19(6-7-20(21)18-4-2-1-3-5-18)22-12-15-8-16(13-22)10-17(9-15)14-22/h1-7,11,15-17H,8-10,12-14H2. The lowest BCUT2D eigenvalue weighted by atomic mass is 9.48. The number of hydrogen-bond donors (Lipinski definition) is 0. The summed E-state index contributed by atoms with van der Waals surface area (Å²) < 4.78 is 1.26. The van der Waals surface area contributed by atoms with Crippen LogP contribution in [-0.2, 0) is 5.41 Å². The van der Waals surface area contributed by atoms with Gasteiger partial charge in [-0.3, -0.25) is 0 Å². The Morgan fingerprint density at radius 3 is 1.96 bits per heavy atom. The lowest BCUT2D eigenvalue weighted by Gasteiger charge is -2.57. The molecule has 23 heavy (non-hydrogen) atoms. The first-order valence-electron chi connectivity index (χ1n) is 9.07. The molecule has 4 fully saturated rings. The lowest BCUT2D eigenvalue weighted by molar-refractivity contribution is -0.00520. The minimum Gasteiger partial charge on any atom is -0.0622 e. The van der Waals surface area contributed by atoms with E-state index < -0.39 is 0 Å². The molecule has 2 aromatic rings. The molecule has 0 radical (unpaired) electrons. The van der Waals surface area contributed by atoms with Crippen molar-refractivity contribution < 1.29 is 0 Å². The summed E-state index contributed by atoms with van der Waals surface area (Å²) in [5.74, 6) is 3.02. The van der Waals surface area contributed by atoms with Crippen molar-refractivity contribution in [3.05, 3.63) is 58.6 Å². The molecule has 0 nitrogen and oxygen atoms in total. The van der Waals surface area contributed by atoms with Crippen LogP contribution in [0.2, 0.25) is 0 Å². The van der Waals surface area contributed by atoms with Gasteiger partial charge in [0.25, 0.3) is 0 Å². The van der Waals surface area contributed by atoms with Gasteiger partial charge < -0.3 is 0 Å². The van der Waals surface area contributed by atoms with Crippen LogP contribution in [0.5, 0.6) is 0 Å². The summed E-state index contributed by atoms with van der Waals surface area (Å²) in [5.41, 5.74) is 4.71. The highest BCUT2D eigenvalue weighted by atomic mass is 79.9. The van der Waals surface area contributed by atoms with Crippen LogP contribution in [-0.4, -0.2) is 0 Å². The molecule has 0 amide bonds. The van der Waals surface area contributed by atoms with E-state index in [1.54, 1.807) is 5.56 Å². The van der Waals surface area contributed by atoms with Crippen LogP contribution in [0.25, 0.3) is 11.1 Å². The van der Waals surface area contributed by atoms with Gasteiger partial charge in [0.15, 0.2) is 0 Å². The molecule has 0 N–H and O–H groups in total. The van der Waals surface area contributed by atoms with Crippen LogP contribution < -0.4 is 0 Å². The van der Waals surface area contributed by atoms with E-state index in [1.807, 2.05) is 0 Å². The molecule has 0 atom stereocenters. The third kappa shape index (κ3) is 2.31. The number of halogens is 1. The van der Waals surface area contributed by atoms with Crippen molar-refractivity contribution in [2.24, 2.45) is 17.8 Å². The molecule has 4 aliphatic carbocycles. The van der Waals surface area contributed by atoms with Gasteiger partial charge >= 0.3 is 0 Å². The maximum absolute atomic E-state index is 3.86. The predicted molar refractivity (Wildman–Crippen MR) is 99.4 cm³/mol. The molecule has 2 aromatic carbocycles. The molecule has 0 aliphatic heterocycles. The van der Waals surface area contributed by atoms with Crippen LogP contribution in [0.4, 0.5) is 0 Å². The first kappa shape index (κ1) is 14.3. The lowest BCUT2D eigenvalue weighted by Crippen LogP contribution is -2.48. The Kier molecular flexibility index (Phi) is 3.23. The second-order valence-electron chi connectivity index (χ2n) is 8.26. The monoisotopic (exact) mass is 366 g/mol. The quantitative estimate of drug-likeness (QED) is 0.562. The van der Waals surface area contributed by atoms with E-state index in [-0.39, 0.29) is 0 Å². The number of hydrogen-bond acceptors (Lipinski definition) is 0. The normalized spacial score (nSPS) is 34.7. The van der Waals surface area contributed by atoms with Crippen LogP contribution in [0.15, 0.2) is 53.0 Å². The smallest absolute Gasteiger partial charge is 0.0256 e. The van der Waals surface area contributed by atoms with E-state index in [0.717, 1.165) is 17.8 Å². The molecule has 0 saturated heterocycles. The molecule has 118 valence electrons. The van der Waals surface area contributed by atoms with Gasteiger partial charge in [-0.1, -0.05) is 58.4 Å².